The number of nitrogens with one attached hydrogen (secondary N) is 2. The molecule has 1 aromatic heterocycles. The van der Waals surface area contributed by atoms with Gasteiger partial charge in [-0.05, 0) is 50.6 Å². The highest BCUT2D eigenvalue weighted by Gasteiger charge is 2.47. The molecule has 0 radical (unpaired) electrons. The van der Waals surface area contributed by atoms with Crippen molar-refractivity contribution in [3.63, 3.8) is 0 Å². The summed E-state index contributed by atoms with van der Waals surface area (Å²) < 4.78 is 0. The van der Waals surface area contributed by atoms with Crippen LogP contribution in [0.15, 0.2) is 12.3 Å². The second-order valence-electron chi connectivity index (χ2n) is 6.45. The van der Waals surface area contributed by atoms with Gasteiger partial charge in [0.1, 0.15) is 5.82 Å². The lowest BCUT2D eigenvalue weighted by atomic mass is 9.56. The van der Waals surface area contributed by atoms with Crippen LogP contribution in [0, 0.1) is 11.8 Å². The molecule has 108 valence electrons. The maximum absolute atomic E-state index is 4.70. The quantitative estimate of drug-likeness (QED) is 0.870. The number of rotatable bonds is 4. The van der Waals surface area contributed by atoms with Gasteiger partial charge in [0.2, 0.25) is 5.95 Å². The normalized spacial score (nSPS) is 35.1. The van der Waals surface area contributed by atoms with Gasteiger partial charge in [0.05, 0.1) is 0 Å². The van der Waals surface area contributed by atoms with E-state index < -0.39 is 0 Å². The highest BCUT2D eigenvalue weighted by atomic mass is 15.3. The molecular weight excluding hydrogens is 250 g/mol. The van der Waals surface area contributed by atoms with Crippen LogP contribution >= 0.6 is 0 Å². The van der Waals surface area contributed by atoms with Gasteiger partial charge in [-0.1, -0.05) is 0 Å². The first-order valence-electron chi connectivity index (χ1n) is 7.85. The van der Waals surface area contributed by atoms with Gasteiger partial charge in [-0.25, -0.2) is 4.98 Å². The van der Waals surface area contributed by atoms with Gasteiger partial charge in [0.25, 0.3) is 0 Å². The first-order chi connectivity index (χ1) is 9.83. The third-order valence-electron chi connectivity index (χ3n) is 5.43. The minimum absolute atomic E-state index is 0.587. The van der Waals surface area contributed by atoms with E-state index in [1.54, 1.807) is 0 Å². The van der Waals surface area contributed by atoms with Crippen LogP contribution in [-0.4, -0.2) is 42.2 Å². The van der Waals surface area contributed by atoms with E-state index in [2.05, 4.69) is 20.5 Å². The van der Waals surface area contributed by atoms with Crippen molar-refractivity contribution in [3.05, 3.63) is 12.3 Å². The Morgan fingerprint density at radius 3 is 2.90 bits per heavy atom. The fourth-order valence-electron chi connectivity index (χ4n) is 3.85. The second kappa shape index (κ2) is 4.88. The first kappa shape index (κ1) is 12.4. The van der Waals surface area contributed by atoms with Crippen molar-refractivity contribution in [3.8, 4) is 0 Å². The molecule has 4 rings (SSSR count). The lowest BCUT2D eigenvalue weighted by Gasteiger charge is -2.53. The monoisotopic (exact) mass is 273 g/mol. The fraction of sp³-hybridized carbons (Fsp3) is 0.733. The SMILES string of the molecule is CNC1CCN(c2ccnc(NC3CC4CCC43)n2)C1. The molecule has 0 bridgehead atoms. The Morgan fingerprint density at radius 1 is 1.30 bits per heavy atom. The minimum Gasteiger partial charge on any atom is -0.355 e. The molecule has 1 saturated heterocycles. The molecule has 2 N–H and O–H groups in total. The molecular formula is C15H23N5. The summed E-state index contributed by atoms with van der Waals surface area (Å²) in [7, 11) is 2.03. The molecule has 0 amide bonds. The number of aromatic nitrogens is 2. The zero-order valence-corrected chi connectivity index (χ0v) is 12.0. The molecule has 0 spiro atoms. The van der Waals surface area contributed by atoms with Gasteiger partial charge in [-0.15, -0.1) is 0 Å². The van der Waals surface area contributed by atoms with Crippen molar-refractivity contribution in [1.29, 1.82) is 0 Å². The largest absolute Gasteiger partial charge is 0.355 e. The van der Waals surface area contributed by atoms with Crippen LogP contribution in [0.25, 0.3) is 0 Å². The van der Waals surface area contributed by atoms with Gasteiger partial charge in [0.15, 0.2) is 0 Å². The third-order valence-corrected chi connectivity index (χ3v) is 5.43. The Balaban J connectivity index is 1.42. The summed E-state index contributed by atoms with van der Waals surface area (Å²) in [5.74, 6) is 3.75. The Kier molecular flexibility index (Phi) is 3.02. The van der Waals surface area contributed by atoms with Gasteiger partial charge >= 0.3 is 0 Å². The van der Waals surface area contributed by atoms with Crippen LogP contribution in [0.2, 0.25) is 0 Å². The summed E-state index contributed by atoms with van der Waals surface area (Å²) in [6.45, 7) is 2.12. The number of nitrogens with zero attached hydrogens (tertiary/aromatic N) is 3. The van der Waals surface area contributed by atoms with Crippen molar-refractivity contribution in [2.24, 2.45) is 11.8 Å². The molecule has 3 fully saturated rings. The predicted octanol–water partition coefficient (Wildman–Crippen LogP) is 1.49. The Hall–Kier alpha value is -1.36. The van der Waals surface area contributed by atoms with Crippen molar-refractivity contribution >= 4 is 11.8 Å². The van der Waals surface area contributed by atoms with Gasteiger partial charge in [-0.3, -0.25) is 0 Å². The van der Waals surface area contributed by atoms with E-state index in [0.717, 1.165) is 36.7 Å². The van der Waals surface area contributed by atoms with E-state index in [1.807, 2.05) is 19.3 Å². The number of anilines is 2. The molecule has 20 heavy (non-hydrogen) atoms. The van der Waals surface area contributed by atoms with E-state index in [4.69, 9.17) is 4.98 Å². The van der Waals surface area contributed by atoms with E-state index in [0.29, 0.717) is 12.1 Å². The summed E-state index contributed by atoms with van der Waals surface area (Å²) in [6.07, 6.45) is 7.20. The molecule has 2 heterocycles. The van der Waals surface area contributed by atoms with Crippen molar-refractivity contribution in [2.75, 3.05) is 30.4 Å². The van der Waals surface area contributed by atoms with Gasteiger partial charge in [-0.2, -0.15) is 4.98 Å². The third kappa shape index (κ3) is 2.04. The zero-order chi connectivity index (χ0) is 13.5. The summed E-state index contributed by atoms with van der Waals surface area (Å²) >= 11 is 0. The molecule has 4 atom stereocenters. The van der Waals surface area contributed by atoms with Crippen molar-refractivity contribution < 1.29 is 0 Å². The van der Waals surface area contributed by atoms with E-state index >= 15 is 0 Å². The van der Waals surface area contributed by atoms with Crippen LogP contribution in [-0.2, 0) is 0 Å². The Bertz CT molecular complexity index is 491. The highest BCUT2D eigenvalue weighted by molar-refractivity contribution is 5.44. The topological polar surface area (TPSA) is 53.1 Å². The fourth-order valence-corrected chi connectivity index (χ4v) is 3.85. The maximum Gasteiger partial charge on any atom is 0.224 e. The zero-order valence-electron chi connectivity index (χ0n) is 12.0. The van der Waals surface area contributed by atoms with Gasteiger partial charge < -0.3 is 15.5 Å². The number of fused-ring (bicyclic) bond motifs is 1. The van der Waals surface area contributed by atoms with E-state index in [1.165, 1.54) is 25.7 Å². The molecule has 0 aromatic carbocycles. The first-order valence-corrected chi connectivity index (χ1v) is 7.85. The molecule has 2 aliphatic carbocycles. The molecule has 1 aliphatic heterocycles. The predicted molar refractivity (Wildman–Crippen MR) is 80.0 cm³/mol. The van der Waals surface area contributed by atoms with E-state index in [-0.39, 0.29) is 0 Å². The minimum atomic E-state index is 0.587. The molecule has 2 saturated carbocycles. The molecule has 4 unspecified atom stereocenters. The summed E-state index contributed by atoms with van der Waals surface area (Å²) in [6, 6.07) is 3.23. The standard InChI is InChI=1S/C15H23N5/c1-16-11-5-7-20(9-11)14-4-6-17-15(19-14)18-13-8-10-2-3-12(10)13/h4,6,10-13,16H,2-3,5,7-9H2,1H3,(H,17,18,19). The molecule has 3 aliphatic rings. The average molecular weight is 273 g/mol. The summed E-state index contributed by atoms with van der Waals surface area (Å²) in [4.78, 5) is 11.4. The Morgan fingerprint density at radius 2 is 2.25 bits per heavy atom. The van der Waals surface area contributed by atoms with E-state index in [9.17, 15) is 0 Å². The van der Waals surface area contributed by atoms with Crippen LogP contribution in [0.4, 0.5) is 11.8 Å². The van der Waals surface area contributed by atoms with Crippen molar-refractivity contribution in [1.82, 2.24) is 15.3 Å². The van der Waals surface area contributed by atoms with Crippen LogP contribution < -0.4 is 15.5 Å². The summed E-state index contributed by atoms with van der Waals surface area (Å²) in [5, 5.41) is 6.88. The lowest BCUT2D eigenvalue weighted by molar-refractivity contribution is 0.0359. The second-order valence-corrected chi connectivity index (χ2v) is 6.45. The maximum atomic E-state index is 4.70. The highest BCUT2D eigenvalue weighted by Crippen LogP contribution is 2.50. The lowest BCUT2D eigenvalue weighted by Crippen LogP contribution is -2.52. The number of likely N-dealkylation sites (N-methyl/N-ethyl adjacent to an activating group) is 1. The smallest absolute Gasteiger partial charge is 0.224 e. The molecule has 5 heteroatoms. The number of hydrogen-bond acceptors (Lipinski definition) is 5. The van der Waals surface area contributed by atoms with Crippen LogP contribution in [0.1, 0.15) is 25.7 Å². The van der Waals surface area contributed by atoms with Crippen LogP contribution in [0.3, 0.4) is 0 Å². The molecule has 1 aromatic rings. The molecule has 5 nitrogen and oxygen atoms in total. The summed E-state index contributed by atoms with van der Waals surface area (Å²) in [5.41, 5.74) is 0. The number of hydrogen-bond donors (Lipinski definition) is 2. The van der Waals surface area contributed by atoms with Gasteiger partial charge in [0, 0.05) is 31.4 Å². The Labute approximate surface area is 120 Å². The van der Waals surface area contributed by atoms with Crippen molar-refractivity contribution in [2.45, 2.75) is 37.8 Å². The average Bonchev–Trinajstić information content (AvgIpc) is 2.93. The van der Waals surface area contributed by atoms with Crippen LogP contribution in [0.5, 0.6) is 0 Å².